The second kappa shape index (κ2) is 6.56. The molecule has 0 fully saturated rings. The van der Waals surface area contributed by atoms with E-state index in [4.69, 9.17) is 9.47 Å². The summed E-state index contributed by atoms with van der Waals surface area (Å²) in [7, 11) is 3.32. The molecule has 2 rings (SSSR count). The number of rotatable bonds is 5. The Balaban J connectivity index is 2.07. The summed E-state index contributed by atoms with van der Waals surface area (Å²) >= 11 is 0. The normalized spacial score (nSPS) is 10.4. The molecule has 122 valence electrons. The molecule has 0 aliphatic rings. The first-order valence-corrected chi connectivity index (χ1v) is 7.05. The number of aryl methyl sites for hydroxylation is 1. The Labute approximate surface area is 134 Å². The molecule has 1 aromatic carbocycles. The lowest BCUT2D eigenvalue weighted by atomic mass is 10.1. The molecule has 0 aliphatic heterocycles. The van der Waals surface area contributed by atoms with Gasteiger partial charge in [-0.2, -0.15) is 0 Å². The van der Waals surface area contributed by atoms with Gasteiger partial charge in [-0.15, -0.1) is 0 Å². The van der Waals surface area contributed by atoms with Crippen molar-refractivity contribution < 1.29 is 24.2 Å². The van der Waals surface area contributed by atoms with Crippen molar-refractivity contribution in [2.24, 2.45) is 7.05 Å². The largest absolute Gasteiger partial charge is 0.507 e. The molecule has 0 aliphatic carbocycles. The van der Waals surface area contributed by atoms with Crippen LogP contribution in [0.25, 0.3) is 0 Å². The van der Waals surface area contributed by atoms with E-state index in [-0.39, 0.29) is 23.7 Å². The highest BCUT2D eigenvalue weighted by Crippen LogP contribution is 2.24. The molecule has 0 amide bonds. The number of hydrogen-bond acceptors (Lipinski definition) is 5. The van der Waals surface area contributed by atoms with Crippen LogP contribution in [0.3, 0.4) is 0 Å². The lowest BCUT2D eigenvalue weighted by Gasteiger charge is -2.07. The number of carbonyl (C=O) groups is 2. The molecule has 0 bridgehead atoms. The summed E-state index contributed by atoms with van der Waals surface area (Å²) < 4.78 is 11.8. The Morgan fingerprint density at radius 2 is 1.87 bits per heavy atom. The van der Waals surface area contributed by atoms with E-state index in [0.29, 0.717) is 11.3 Å². The number of Topliss-reactive ketones (excluding diaryl/α,β-unsaturated/α-hetero) is 1. The van der Waals surface area contributed by atoms with E-state index in [0.717, 1.165) is 11.4 Å². The van der Waals surface area contributed by atoms with Crippen molar-refractivity contribution in [1.29, 1.82) is 0 Å². The van der Waals surface area contributed by atoms with E-state index in [1.165, 1.54) is 25.3 Å². The monoisotopic (exact) mass is 317 g/mol. The van der Waals surface area contributed by atoms with Crippen LogP contribution in [-0.2, 0) is 11.8 Å². The molecule has 0 radical (unpaired) electrons. The minimum atomic E-state index is -0.760. The van der Waals surface area contributed by atoms with Gasteiger partial charge in [-0.3, -0.25) is 4.79 Å². The van der Waals surface area contributed by atoms with Crippen LogP contribution in [0.4, 0.5) is 0 Å². The zero-order valence-corrected chi connectivity index (χ0v) is 13.5. The van der Waals surface area contributed by atoms with E-state index in [2.05, 4.69) is 0 Å². The predicted octanol–water partition coefficient (Wildman–Crippen LogP) is 2.40. The van der Waals surface area contributed by atoms with Crippen LogP contribution in [0.1, 0.15) is 32.1 Å². The van der Waals surface area contributed by atoms with Gasteiger partial charge in [-0.25, -0.2) is 4.79 Å². The number of benzene rings is 1. The average Bonchev–Trinajstić information content (AvgIpc) is 2.79. The maximum Gasteiger partial charge on any atom is 0.342 e. The molecule has 0 spiro atoms. The number of phenolic OH excluding ortho intramolecular Hbond substituents is 1. The van der Waals surface area contributed by atoms with Crippen molar-refractivity contribution >= 4 is 11.8 Å². The third kappa shape index (κ3) is 3.36. The molecular weight excluding hydrogens is 298 g/mol. The number of esters is 1. The van der Waals surface area contributed by atoms with Crippen LogP contribution < -0.4 is 4.74 Å². The number of nitrogens with zero attached hydrogens (tertiary/aromatic N) is 1. The van der Waals surface area contributed by atoms with Gasteiger partial charge >= 0.3 is 5.97 Å². The highest BCUT2D eigenvalue weighted by atomic mass is 16.5. The highest BCUT2D eigenvalue weighted by molar-refractivity contribution is 6.01. The van der Waals surface area contributed by atoms with Gasteiger partial charge in [0.15, 0.2) is 6.61 Å². The minimum absolute atomic E-state index is 0.0143. The number of aromatic hydroxyl groups is 1. The maximum absolute atomic E-state index is 12.2. The fourth-order valence-electron chi connectivity index (χ4n) is 2.24. The molecule has 0 atom stereocenters. The maximum atomic E-state index is 12.2. The first kappa shape index (κ1) is 16.6. The Morgan fingerprint density at radius 3 is 2.39 bits per heavy atom. The number of methoxy groups -OCH3 is 1. The minimum Gasteiger partial charge on any atom is -0.507 e. The molecule has 0 unspecified atom stereocenters. The van der Waals surface area contributed by atoms with Crippen molar-refractivity contribution in [2.75, 3.05) is 13.7 Å². The van der Waals surface area contributed by atoms with Crippen LogP contribution in [0, 0.1) is 13.8 Å². The Kier molecular flexibility index (Phi) is 4.74. The summed E-state index contributed by atoms with van der Waals surface area (Å²) in [4.78, 5) is 24.2. The molecule has 6 nitrogen and oxygen atoms in total. The van der Waals surface area contributed by atoms with E-state index in [1.54, 1.807) is 6.07 Å². The fraction of sp³-hybridized carbons (Fsp3) is 0.294. The second-order valence-electron chi connectivity index (χ2n) is 5.23. The zero-order valence-electron chi connectivity index (χ0n) is 13.5. The third-order valence-electron chi connectivity index (χ3n) is 3.83. The number of aromatic nitrogens is 1. The van der Waals surface area contributed by atoms with Crippen LogP contribution in [0.5, 0.6) is 11.5 Å². The molecule has 0 saturated heterocycles. The SMILES string of the molecule is COc1ccc(C(=O)OCC(=O)c2cc(C)n(C)c2C)c(O)c1. The van der Waals surface area contributed by atoms with Crippen molar-refractivity contribution in [2.45, 2.75) is 13.8 Å². The van der Waals surface area contributed by atoms with Crippen LogP contribution >= 0.6 is 0 Å². The Morgan fingerprint density at radius 1 is 1.17 bits per heavy atom. The number of phenols is 1. The van der Waals surface area contributed by atoms with Gasteiger partial charge in [0.05, 0.1) is 7.11 Å². The van der Waals surface area contributed by atoms with Gasteiger partial charge in [0.1, 0.15) is 17.1 Å². The predicted molar refractivity (Wildman–Crippen MR) is 84.2 cm³/mol. The molecule has 2 aromatic rings. The fourth-order valence-corrected chi connectivity index (χ4v) is 2.24. The lowest BCUT2D eigenvalue weighted by molar-refractivity contribution is 0.0471. The summed E-state index contributed by atoms with van der Waals surface area (Å²) in [5, 5.41) is 9.79. The summed E-state index contributed by atoms with van der Waals surface area (Å²) in [6, 6.07) is 5.99. The van der Waals surface area contributed by atoms with E-state index in [9.17, 15) is 14.7 Å². The van der Waals surface area contributed by atoms with Crippen molar-refractivity contribution in [3.63, 3.8) is 0 Å². The molecule has 23 heavy (non-hydrogen) atoms. The molecular formula is C17H19NO5. The van der Waals surface area contributed by atoms with Crippen LogP contribution in [-0.4, -0.2) is 35.1 Å². The van der Waals surface area contributed by atoms with Gasteiger partial charge in [0.2, 0.25) is 5.78 Å². The number of ketones is 1. The quantitative estimate of drug-likeness (QED) is 0.677. The van der Waals surface area contributed by atoms with Crippen LogP contribution in [0.2, 0.25) is 0 Å². The highest BCUT2D eigenvalue weighted by Gasteiger charge is 2.18. The van der Waals surface area contributed by atoms with E-state index < -0.39 is 5.97 Å². The van der Waals surface area contributed by atoms with Gasteiger partial charge in [-0.1, -0.05) is 0 Å². The van der Waals surface area contributed by atoms with Gasteiger partial charge < -0.3 is 19.1 Å². The topological polar surface area (TPSA) is 77.8 Å². The summed E-state index contributed by atoms with van der Waals surface area (Å²) in [5.41, 5.74) is 2.28. The molecule has 0 saturated carbocycles. The molecule has 1 N–H and O–H groups in total. The van der Waals surface area contributed by atoms with Gasteiger partial charge in [0.25, 0.3) is 0 Å². The van der Waals surface area contributed by atoms with Crippen molar-refractivity contribution in [3.8, 4) is 11.5 Å². The van der Waals surface area contributed by atoms with E-state index in [1.807, 2.05) is 25.5 Å². The second-order valence-corrected chi connectivity index (χ2v) is 5.23. The van der Waals surface area contributed by atoms with Crippen molar-refractivity contribution in [1.82, 2.24) is 4.57 Å². The van der Waals surface area contributed by atoms with Gasteiger partial charge in [-0.05, 0) is 32.0 Å². The van der Waals surface area contributed by atoms with Gasteiger partial charge in [0, 0.05) is 30.1 Å². The number of ether oxygens (including phenoxy) is 2. The van der Waals surface area contributed by atoms with E-state index >= 15 is 0 Å². The number of hydrogen-bond donors (Lipinski definition) is 1. The zero-order chi connectivity index (χ0) is 17.1. The summed E-state index contributed by atoms with van der Waals surface area (Å²) in [5.74, 6) is -0.879. The van der Waals surface area contributed by atoms with Crippen LogP contribution in [0.15, 0.2) is 24.3 Å². The third-order valence-corrected chi connectivity index (χ3v) is 3.83. The Hall–Kier alpha value is -2.76. The van der Waals surface area contributed by atoms with Crippen molar-refractivity contribution in [3.05, 3.63) is 46.8 Å². The first-order chi connectivity index (χ1) is 10.8. The lowest BCUT2D eigenvalue weighted by Crippen LogP contribution is -2.15. The average molecular weight is 317 g/mol. The molecule has 6 heteroatoms. The molecule has 1 heterocycles. The number of carbonyl (C=O) groups excluding carboxylic acids is 2. The summed E-state index contributed by atoms with van der Waals surface area (Å²) in [6.07, 6.45) is 0. The Bertz CT molecular complexity index is 761. The smallest absolute Gasteiger partial charge is 0.342 e. The standard InChI is InChI=1S/C17H19NO5/c1-10-7-14(11(2)18(10)3)16(20)9-23-17(21)13-6-5-12(22-4)8-15(13)19/h5-8,19H,9H2,1-4H3. The molecule has 1 aromatic heterocycles. The summed E-state index contributed by atoms with van der Waals surface area (Å²) in [6.45, 7) is 3.34. The first-order valence-electron chi connectivity index (χ1n) is 7.05.